The van der Waals surface area contributed by atoms with Crippen LogP contribution in [-0.4, -0.2) is 10.5 Å². The third kappa shape index (κ3) is 5.19. The minimum Gasteiger partial charge on any atom is -0.482 e. The number of halogens is 5. The van der Waals surface area contributed by atoms with Crippen LogP contribution in [0, 0.1) is 0 Å². The fraction of sp³-hybridized carbons (Fsp3) is 0.125. The van der Waals surface area contributed by atoms with E-state index in [1.54, 1.807) is 12.1 Å². The summed E-state index contributed by atoms with van der Waals surface area (Å²) in [5.41, 5.74) is 1.99. The molecule has 2 heterocycles. The third-order valence-corrected chi connectivity index (χ3v) is 7.30. The second-order valence-corrected chi connectivity index (χ2v) is 9.22. The second-order valence-electron chi connectivity index (χ2n) is 7.33. The van der Waals surface area contributed by atoms with Gasteiger partial charge < -0.3 is 19.0 Å². The lowest BCUT2D eigenvalue weighted by atomic mass is 10.1. The first-order valence-corrected chi connectivity index (χ1v) is 11.9. The van der Waals surface area contributed by atoms with Gasteiger partial charge in [-0.15, -0.1) is 0 Å². The van der Waals surface area contributed by atoms with Crippen molar-refractivity contribution in [1.29, 1.82) is 0 Å². The average molecular weight is 559 g/mol. The predicted octanol–water partition coefficient (Wildman–Crippen LogP) is 8.41. The molecule has 0 fully saturated rings. The molecule has 2 aromatic carbocycles. The number of hydrogen-bond donors (Lipinski definition) is 1. The number of ether oxygens (including phenoxy) is 1. The molecule has 0 aliphatic heterocycles. The molecule has 34 heavy (non-hydrogen) atoms. The molecule has 4 rings (SSSR count). The molecular formula is C24H17Cl5N2O3. The number of carbonyl (C=O) groups excluding carboxylic acids is 1. The normalized spacial score (nSPS) is 11.9. The molecular weight excluding hydrogens is 542 g/mol. The van der Waals surface area contributed by atoms with Crippen LogP contribution in [0.15, 0.2) is 65.3 Å². The Morgan fingerprint density at radius 2 is 1.50 bits per heavy atom. The van der Waals surface area contributed by atoms with Crippen molar-refractivity contribution in [2.24, 2.45) is 0 Å². The predicted molar refractivity (Wildman–Crippen MR) is 136 cm³/mol. The summed E-state index contributed by atoms with van der Waals surface area (Å²) >= 11 is 30.4. The van der Waals surface area contributed by atoms with Gasteiger partial charge in [-0.3, -0.25) is 4.79 Å². The van der Waals surface area contributed by atoms with E-state index in [0.29, 0.717) is 5.76 Å². The smallest absolute Gasteiger partial charge is 0.287 e. The maximum atomic E-state index is 12.7. The lowest BCUT2D eigenvalue weighted by Crippen LogP contribution is -2.26. The van der Waals surface area contributed by atoms with Crippen LogP contribution in [0.1, 0.15) is 34.8 Å². The Morgan fingerprint density at radius 1 is 0.912 bits per heavy atom. The van der Waals surface area contributed by atoms with Crippen LogP contribution < -0.4 is 10.1 Å². The minimum atomic E-state index is -0.359. The van der Waals surface area contributed by atoms with Crippen LogP contribution in [0.3, 0.4) is 0 Å². The first kappa shape index (κ1) is 24.8. The van der Waals surface area contributed by atoms with Gasteiger partial charge in [0, 0.05) is 18.1 Å². The van der Waals surface area contributed by atoms with Crippen molar-refractivity contribution in [3.8, 4) is 11.4 Å². The van der Waals surface area contributed by atoms with E-state index < -0.39 is 0 Å². The van der Waals surface area contributed by atoms with E-state index in [0.717, 1.165) is 11.3 Å². The van der Waals surface area contributed by atoms with Crippen LogP contribution in [0.5, 0.6) is 5.75 Å². The highest BCUT2D eigenvalue weighted by molar-refractivity contribution is 6.55. The van der Waals surface area contributed by atoms with Gasteiger partial charge in [-0.1, -0.05) is 70.1 Å². The summed E-state index contributed by atoms with van der Waals surface area (Å²) < 4.78 is 13.3. The maximum Gasteiger partial charge on any atom is 0.287 e. The van der Waals surface area contributed by atoms with Gasteiger partial charge in [0.15, 0.2) is 11.5 Å². The van der Waals surface area contributed by atoms with Crippen molar-refractivity contribution in [2.45, 2.75) is 19.6 Å². The van der Waals surface area contributed by atoms with Crippen LogP contribution in [0.2, 0.25) is 25.1 Å². The van der Waals surface area contributed by atoms with E-state index in [1.165, 1.54) is 0 Å². The molecule has 0 aliphatic rings. The molecule has 1 amide bonds. The Bertz CT molecular complexity index is 1290. The zero-order valence-electron chi connectivity index (χ0n) is 17.6. The molecule has 0 radical (unpaired) electrons. The number of hydrogen-bond acceptors (Lipinski definition) is 3. The van der Waals surface area contributed by atoms with Crippen molar-refractivity contribution in [1.82, 2.24) is 9.88 Å². The van der Waals surface area contributed by atoms with Crippen molar-refractivity contribution >= 4 is 63.9 Å². The Balaban J connectivity index is 1.39. The molecule has 0 spiro atoms. The van der Waals surface area contributed by atoms with E-state index in [4.69, 9.17) is 67.2 Å². The van der Waals surface area contributed by atoms with Gasteiger partial charge >= 0.3 is 0 Å². The van der Waals surface area contributed by atoms with Crippen molar-refractivity contribution < 1.29 is 13.9 Å². The number of benzene rings is 2. The summed E-state index contributed by atoms with van der Waals surface area (Å²) in [4.78, 5) is 12.7. The van der Waals surface area contributed by atoms with E-state index in [2.05, 4.69) is 5.32 Å². The molecule has 0 bridgehead atoms. The van der Waals surface area contributed by atoms with E-state index >= 15 is 0 Å². The zero-order valence-corrected chi connectivity index (χ0v) is 21.4. The number of nitrogens with one attached hydrogen (secondary N) is 1. The molecule has 0 saturated heterocycles. The number of rotatable bonds is 7. The van der Waals surface area contributed by atoms with Gasteiger partial charge in [-0.05, 0) is 48.9 Å². The fourth-order valence-corrected chi connectivity index (χ4v) is 4.46. The van der Waals surface area contributed by atoms with Gasteiger partial charge in [-0.25, -0.2) is 0 Å². The SMILES string of the molecule is CC(NC(=O)c1ccc(COc2c(Cl)c(Cl)c(Cl)c(Cl)c2Cl)o1)c1ccc(-n2cccc2)cc1. The molecule has 1 N–H and O–H groups in total. The number of nitrogens with zero attached hydrogens (tertiary/aromatic N) is 1. The summed E-state index contributed by atoms with van der Waals surface area (Å²) in [6, 6.07) is 14.8. The number of carbonyl (C=O) groups is 1. The van der Waals surface area contributed by atoms with Crippen molar-refractivity contribution in [3.05, 3.63) is 103 Å². The van der Waals surface area contributed by atoms with Crippen LogP contribution >= 0.6 is 58.0 Å². The lowest BCUT2D eigenvalue weighted by Gasteiger charge is -2.14. The molecule has 176 valence electrons. The highest BCUT2D eigenvalue weighted by atomic mass is 35.5. The van der Waals surface area contributed by atoms with Crippen molar-refractivity contribution in [2.75, 3.05) is 0 Å². The average Bonchev–Trinajstić information content (AvgIpc) is 3.54. The molecule has 0 aliphatic carbocycles. The van der Waals surface area contributed by atoms with Gasteiger partial charge in [0.25, 0.3) is 5.91 Å². The van der Waals surface area contributed by atoms with Crippen LogP contribution in [0.4, 0.5) is 0 Å². The van der Waals surface area contributed by atoms with E-state index in [1.807, 2.05) is 60.3 Å². The molecule has 5 nitrogen and oxygen atoms in total. The molecule has 4 aromatic rings. The summed E-state index contributed by atoms with van der Waals surface area (Å²) in [6.07, 6.45) is 3.94. The molecule has 0 saturated carbocycles. The van der Waals surface area contributed by atoms with Gasteiger partial charge in [0.1, 0.15) is 22.4 Å². The summed E-state index contributed by atoms with van der Waals surface area (Å²) in [7, 11) is 0. The Labute approximate surface area is 221 Å². The van der Waals surface area contributed by atoms with Gasteiger partial charge in [0.2, 0.25) is 0 Å². The van der Waals surface area contributed by atoms with Crippen molar-refractivity contribution in [3.63, 3.8) is 0 Å². The Kier molecular flexibility index (Phi) is 7.70. The number of aromatic nitrogens is 1. The largest absolute Gasteiger partial charge is 0.482 e. The third-order valence-electron chi connectivity index (χ3n) is 5.06. The molecule has 1 unspecified atom stereocenters. The second kappa shape index (κ2) is 10.5. The van der Waals surface area contributed by atoms with Crippen LogP contribution in [0.25, 0.3) is 5.69 Å². The molecule has 1 atom stereocenters. The highest BCUT2D eigenvalue weighted by Gasteiger charge is 2.21. The monoisotopic (exact) mass is 556 g/mol. The summed E-state index contributed by atoms with van der Waals surface area (Å²) in [6.45, 7) is 1.84. The van der Waals surface area contributed by atoms with Gasteiger partial charge in [-0.2, -0.15) is 0 Å². The quantitative estimate of drug-likeness (QED) is 0.183. The lowest BCUT2D eigenvalue weighted by molar-refractivity contribution is 0.0907. The topological polar surface area (TPSA) is 56.4 Å². The fourth-order valence-electron chi connectivity index (χ4n) is 3.23. The Morgan fingerprint density at radius 3 is 2.12 bits per heavy atom. The maximum absolute atomic E-state index is 12.7. The molecule has 10 heteroatoms. The van der Waals surface area contributed by atoms with E-state index in [9.17, 15) is 4.79 Å². The van der Waals surface area contributed by atoms with E-state index in [-0.39, 0.29) is 55.2 Å². The first-order valence-electron chi connectivity index (χ1n) is 10.0. The zero-order chi connectivity index (χ0) is 24.4. The minimum absolute atomic E-state index is 0.0298. The first-order chi connectivity index (χ1) is 16.3. The molecule has 2 aromatic heterocycles. The van der Waals surface area contributed by atoms with Crippen LogP contribution in [-0.2, 0) is 6.61 Å². The number of furan rings is 1. The Hall–Kier alpha value is -2.28. The summed E-state index contributed by atoms with van der Waals surface area (Å²) in [5, 5.41) is 3.08. The highest BCUT2D eigenvalue weighted by Crippen LogP contribution is 2.48. The van der Waals surface area contributed by atoms with Gasteiger partial charge in [0.05, 0.1) is 21.1 Å². The summed E-state index contributed by atoms with van der Waals surface area (Å²) in [5.74, 6) is 0.228. The standard InChI is InChI=1S/C24H17Cl5N2O3/c1-13(14-4-6-15(7-5-14)31-10-2-3-11-31)30-24(32)17-9-8-16(34-17)12-33-23-21(28)19(26)18(25)20(27)22(23)29/h2-11,13H,12H2,1H3,(H,30,32). The number of amides is 1.